The lowest BCUT2D eigenvalue weighted by Gasteiger charge is -2.12. The zero-order valence-electron chi connectivity index (χ0n) is 15.5. The van der Waals surface area contributed by atoms with Gasteiger partial charge in [0.1, 0.15) is 5.56 Å². The SMILES string of the molecule is CCCO.Cc1c(C(=O)O)ccc(-c2c([N+](=O)[O-])cccc2[N+](=O)[O-])c1C(=O)O. The fourth-order valence-electron chi connectivity index (χ4n) is 2.54. The molecule has 2 aromatic carbocycles. The second kappa shape index (κ2) is 9.90. The van der Waals surface area contributed by atoms with Crippen LogP contribution < -0.4 is 0 Å². The van der Waals surface area contributed by atoms with Crippen molar-refractivity contribution >= 4 is 23.3 Å². The second-order valence-electron chi connectivity index (χ2n) is 5.68. The molecule has 154 valence electrons. The Morgan fingerprint density at radius 2 is 1.45 bits per heavy atom. The van der Waals surface area contributed by atoms with Crippen molar-refractivity contribution in [2.24, 2.45) is 0 Å². The Hall–Kier alpha value is -3.86. The molecule has 29 heavy (non-hydrogen) atoms. The van der Waals surface area contributed by atoms with E-state index < -0.39 is 44.3 Å². The first kappa shape index (κ1) is 23.2. The summed E-state index contributed by atoms with van der Waals surface area (Å²) in [6, 6.07) is 5.20. The van der Waals surface area contributed by atoms with Crippen LogP contribution >= 0.6 is 0 Å². The summed E-state index contributed by atoms with van der Waals surface area (Å²) in [7, 11) is 0. The third-order valence-electron chi connectivity index (χ3n) is 3.82. The zero-order valence-corrected chi connectivity index (χ0v) is 15.5. The van der Waals surface area contributed by atoms with Gasteiger partial charge in [-0.15, -0.1) is 0 Å². The molecule has 0 aliphatic carbocycles. The minimum absolute atomic E-state index is 0.162. The summed E-state index contributed by atoms with van der Waals surface area (Å²) < 4.78 is 0. The highest BCUT2D eigenvalue weighted by Gasteiger charge is 2.31. The minimum atomic E-state index is -1.55. The molecule has 0 aromatic heterocycles. The van der Waals surface area contributed by atoms with Crippen LogP contribution in [0.25, 0.3) is 11.1 Å². The van der Waals surface area contributed by atoms with Gasteiger partial charge in [-0.05, 0) is 31.0 Å². The van der Waals surface area contributed by atoms with Crippen molar-refractivity contribution in [1.29, 1.82) is 0 Å². The Balaban J connectivity index is 0.000000960. The molecule has 0 atom stereocenters. The molecule has 0 heterocycles. The van der Waals surface area contributed by atoms with E-state index >= 15 is 0 Å². The van der Waals surface area contributed by atoms with Crippen molar-refractivity contribution in [3.05, 3.63) is 67.3 Å². The monoisotopic (exact) mass is 406 g/mol. The Morgan fingerprint density at radius 1 is 0.966 bits per heavy atom. The van der Waals surface area contributed by atoms with E-state index in [1.54, 1.807) is 0 Å². The van der Waals surface area contributed by atoms with Gasteiger partial charge in [0, 0.05) is 24.3 Å². The first-order chi connectivity index (χ1) is 13.6. The van der Waals surface area contributed by atoms with Crippen LogP contribution in [0.2, 0.25) is 0 Å². The number of aliphatic hydroxyl groups excluding tert-OH is 1. The topological polar surface area (TPSA) is 181 Å². The standard InChI is InChI=1S/C15H10N2O8.C3H8O/c1-7-8(14(18)19)5-6-9(12(7)15(20)21)13-10(16(22)23)3-2-4-11(13)17(24)25;1-2-3-4/h2-6H,1H3,(H,18,19)(H,20,21);4H,2-3H2,1H3. The van der Waals surface area contributed by atoms with Crippen molar-refractivity contribution < 1.29 is 34.8 Å². The quantitative estimate of drug-likeness (QED) is 0.479. The van der Waals surface area contributed by atoms with Crippen LogP contribution in [-0.4, -0.2) is 43.7 Å². The molecule has 2 rings (SSSR count). The zero-order chi connectivity index (χ0) is 22.3. The lowest BCUT2D eigenvalue weighted by Crippen LogP contribution is -2.10. The highest BCUT2D eigenvalue weighted by molar-refractivity contribution is 6.04. The molecule has 0 aliphatic heterocycles. The molecule has 0 spiro atoms. The number of nitrogens with zero attached hydrogens (tertiary/aromatic N) is 2. The summed E-state index contributed by atoms with van der Waals surface area (Å²) in [5.74, 6) is -2.94. The lowest BCUT2D eigenvalue weighted by molar-refractivity contribution is -0.392. The molecule has 0 amide bonds. The summed E-state index contributed by atoms with van der Waals surface area (Å²) in [5.41, 5.74) is -3.12. The van der Waals surface area contributed by atoms with Gasteiger partial charge in [0.05, 0.1) is 21.0 Å². The number of nitro benzene ring substituents is 2. The average molecular weight is 406 g/mol. The summed E-state index contributed by atoms with van der Waals surface area (Å²) in [5, 5.41) is 48.9. The number of aromatic carboxylic acids is 2. The van der Waals surface area contributed by atoms with Gasteiger partial charge in [-0.3, -0.25) is 20.2 Å². The Kier molecular flexibility index (Phi) is 7.91. The van der Waals surface area contributed by atoms with E-state index in [9.17, 15) is 34.9 Å². The van der Waals surface area contributed by atoms with Crippen molar-refractivity contribution in [2.45, 2.75) is 20.3 Å². The molecule has 0 fully saturated rings. The number of aliphatic hydroxyl groups is 1. The van der Waals surface area contributed by atoms with Crippen LogP contribution in [0.4, 0.5) is 11.4 Å². The van der Waals surface area contributed by atoms with E-state index in [0.29, 0.717) is 6.61 Å². The number of carbonyl (C=O) groups is 2. The van der Waals surface area contributed by atoms with Crippen molar-refractivity contribution in [1.82, 2.24) is 0 Å². The average Bonchev–Trinajstić information content (AvgIpc) is 2.66. The van der Waals surface area contributed by atoms with Crippen molar-refractivity contribution in [2.75, 3.05) is 6.61 Å². The van der Waals surface area contributed by atoms with E-state index in [1.807, 2.05) is 6.92 Å². The second-order valence-corrected chi connectivity index (χ2v) is 5.68. The summed E-state index contributed by atoms with van der Waals surface area (Å²) in [6.07, 6.45) is 0.875. The van der Waals surface area contributed by atoms with Gasteiger partial charge in [-0.25, -0.2) is 9.59 Å². The molecular weight excluding hydrogens is 388 g/mol. The predicted octanol–water partition coefficient (Wildman–Crippen LogP) is 3.26. The smallest absolute Gasteiger partial charge is 0.336 e. The molecule has 0 aliphatic rings. The third kappa shape index (κ3) is 5.11. The van der Waals surface area contributed by atoms with Gasteiger partial charge in [0.15, 0.2) is 0 Å². The molecule has 11 nitrogen and oxygen atoms in total. The molecule has 0 saturated heterocycles. The number of hydrogen-bond donors (Lipinski definition) is 3. The number of rotatable bonds is 6. The number of carboxylic acid groups (broad SMARTS) is 2. The van der Waals surface area contributed by atoms with Gasteiger partial charge in [-0.1, -0.05) is 13.0 Å². The summed E-state index contributed by atoms with van der Waals surface area (Å²) in [6.45, 7) is 3.47. The maximum Gasteiger partial charge on any atom is 0.336 e. The maximum absolute atomic E-state index is 11.6. The van der Waals surface area contributed by atoms with Gasteiger partial charge >= 0.3 is 11.9 Å². The number of benzene rings is 2. The van der Waals surface area contributed by atoms with E-state index in [4.69, 9.17) is 10.2 Å². The molecule has 0 unspecified atom stereocenters. The molecule has 2 aromatic rings. The highest BCUT2D eigenvalue weighted by Crippen LogP contribution is 2.40. The molecule has 11 heteroatoms. The van der Waals surface area contributed by atoms with E-state index in [1.165, 1.54) is 6.92 Å². The fourth-order valence-corrected chi connectivity index (χ4v) is 2.54. The van der Waals surface area contributed by atoms with Crippen molar-refractivity contribution in [3.63, 3.8) is 0 Å². The molecule has 0 radical (unpaired) electrons. The van der Waals surface area contributed by atoms with Gasteiger partial charge < -0.3 is 15.3 Å². The minimum Gasteiger partial charge on any atom is -0.478 e. The molecular formula is C18H18N2O9. The van der Waals surface area contributed by atoms with Crippen LogP contribution in [0.3, 0.4) is 0 Å². The Bertz CT molecular complexity index is 936. The Labute approximate surface area is 164 Å². The largest absolute Gasteiger partial charge is 0.478 e. The van der Waals surface area contributed by atoms with Crippen LogP contribution in [-0.2, 0) is 0 Å². The van der Waals surface area contributed by atoms with Crippen LogP contribution in [0.5, 0.6) is 0 Å². The van der Waals surface area contributed by atoms with Crippen LogP contribution in [0, 0.1) is 27.2 Å². The van der Waals surface area contributed by atoms with Gasteiger partial charge in [0.2, 0.25) is 0 Å². The van der Waals surface area contributed by atoms with E-state index in [-0.39, 0.29) is 16.7 Å². The van der Waals surface area contributed by atoms with E-state index in [2.05, 4.69) is 0 Å². The molecule has 3 N–H and O–H groups in total. The van der Waals surface area contributed by atoms with Crippen LogP contribution in [0.1, 0.15) is 39.6 Å². The van der Waals surface area contributed by atoms with E-state index in [0.717, 1.165) is 36.8 Å². The lowest BCUT2D eigenvalue weighted by atomic mass is 9.91. The Morgan fingerprint density at radius 3 is 1.79 bits per heavy atom. The highest BCUT2D eigenvalue weighted by atomic mass is 16.6. The van der Waals surface area contributed by atoms with Gasteiger partial charge in [0.25, 0.3) is 11.4 Å². The predicted molar refractivity (Wildman–Crippen MR) is 101 cm³/mol. The van der Waals surface area contributed by atoms with Crippen LogP contribution in [0.15, 0.2) is 30.3 Å². The number of hydrogen-bond acceptors (Lipinski definition) is 7. The fraction of sp³-hybridized carbons (Fsp3) is 0.222. The molecule has 0 bridgehead atoms. The third-order valence-corrected chi connectivity index (χ3v) is 3.82. The van der Waals surface area contributed by atoms with Gasteiger partial charge in [-0.2, -0.15) is 0 Å². The number of nitro groups is 2. The first-order valence-electron chi connectivity index (χ1n) is 8.21. The maximum atomic E-state index is 11.6. The van der Waals surface area contributed by atoms with Crippen molar-refractivity contribution in [3.8, 4) is 11.1 Å². The summed E-state index contributed by atoms with van der Waals surface area (Å²) in [4.78, 5) is 43.6. The first-order valence-corrected chi connectivity index (χ1v) is 8.21. The molecule has 0 saturated carbocycles. The normalized spacial score (nSPS) is 9.90. The summed E-state index contributed by atoms with van der Waals surface area (Å²) >= 11 is 0. The number of carboxylic acids is 2.